The maximum absolute atomic E-state index is 10.3. The van der Waals surface area contributed by atoms with E-state index < -0.39 is 0 Å². The molecule has 5 heteroatoms. The Kier molecular flexibility index (Phi) is 3.99. The lowest BCUT2D eigenvalue weighted by molar-refractivity contribution is -0.956. The van der Waals surface area contributed by atoms with Crippen molar-refractivity contribution in [3.8, 4) is 23.0 Å². The van der Waals surface area contributed by atoms with Crippen LogP contribution in [-0.4, -0.2) is 44.5 Å². The molecule has 5 nitrogen and oxygen atoms in total. The van der Waals surface area contributed by atoms with E-state index in [9.17, 15) is 5.11 Å². The summed E-state index contributed by atoms with van der Waals surface area (Å²) in [4.78, 5) is 0. The Morgan fingerprint density at radius 1 is 1.00 bits per heavy atom. The van der Waals surface area contributed by atoms with Crippen LogP contribution in [-0.2, 0) is 19.4 Å². The summed E-state index contributed by atoms with van der Waals surface area (Å²) in [5, 5.41) is 10.3. The predicted octanol–water partition coefficient (Wildman–Crippen LogP) is 3.22. The van der Waals surface area contributed by atoms with Gasteiger partial charge in [0.25, 0.3) is 0 Å². The number of nitrogens with zero attached hydrogens (tertiary/aromatic N) is 1. The number of hydrogen-bond acceptors (Lipinski definition) is 4. The summed E-state index contributed by atoms with van der Waals surface area (Å²) in [6, 6.07) is 8.36. The van der Waals surface area contributed by atoms with Crippen molar-refractivity contribution in [2.75, 3.05) is 34.9 Å². The van der Waals surface area contributed by atoms with Crippen molar-refractivity contribution >= 4 is 0 Å². The number of phenols is 1. The van der Waals surface area contributed by atoms with Gasteiger partial charge in [-0.15, -0.1) is 0 Å². The molecule has 26 heavy (non-hydrogen) atoms. The molecule has 0 unspecified atom stereocenters. The zero-order chi connectivity index (χ0) is 18.5. The third kappa shape index (κ3) is 2.42. The maximum Gasteiger partial charge on any atom is 0.169 e. The molecule has 0 fully saturated rings. The first-order valence-corrected chi connectivity index (χ1v) is 8.97. The van der Waals surface area contributed by atoms with Crippen LogP contribution in [0.3, 0.4) is 0 Å². The number of benzene rings is 2. The molecule has 2 aliphatic rings. The van der Waals surface area contributed by atoms with Gasteiger partial charge in [0.2, 0.25) is 0 Å². The summed E-state index contributed by atoms with van der Waals surface area (Å²) in [5.74, 6) is 2.42. The minimum atomic E-state index is 0.220. The van der Waals surface area contributed by atoms with E-state index in [1.54, 1.807) is 21.3 Å². The number of methoxy groups -OCH3 is 3. The van der Waals surface area contributed by atoms with Gasteiger partial charge in [0.15, 0.2) is 23.0 Å². The fraction of sp³-hybridized carbons (Fsp3) is 0.429. The second-order valence-corrected chi connectivity index (χ2v) is 7.49. The number of quaternary nitrogens is 1. The van der Waals surface area contributed by atoms with Crippen LogP contribution in [0.1, 0.15) is 28.3 Å². The Labute approximate surface area is 154 Å². The van der Waals surface area contributed by atoms with E-state index in [1.165, 1.54) is 22.3 Å². The lowest BCUT2D eigenvalue weighted by atomic mass is 9.81. The second-order valence-electron chi connectivity index (χ2n) is 7.49. The summed E-state index contributed by atoms with van der Waals surface area (Å²) in [5.41, 5.74) is 5.06. The Balaban J connectivity index is 1.82. The van der Waals surface area contributed by atoms with E-state index in [4.69, 9.17) is 14.2 Å². The quantitative estimate of drug-likeness (QED) is 0.858. The van der Waals surface area contributed by atoms with Crippen molar-refractivity contribution in [1.29, 1.82) is 0 Å². The molecule has 0 spiro atoms. The average Bonchev–Trinajstić information content (AvgIpc) is 2.65. The minimum Gasteiger partial charge on any atom is -0.504 e. The van der Waals surface area contributed by atoms with Gasteiger partial charge in [-0.25, -0.2) is 0 Å². The summed E-state index contributed by atoms with van der Waals surface area (Å²) < 4.78 is 17.4. The molecular weight excluding hydrogens is 330 g/mol. The van der Waals surface area contributed by atoms with E-state index in [0.717, 1.165) is 41.9 Å². The first-order chi connectivity index (χ1) is 12.5. The Hall–Kier alpha value is -2.40. The Morgan fingerprint density at radius 3 is 2.46 bits per heavy atom. The van der Waals surface area contributed by atoms with Crippen molar-refractivity contribution in [2.24, 2.45) is 0 Å². The van der Waals surface area contributed by atoms with Crippen LogP contribution in [0, 0.1) is 0 Å². The minimum absolute atomic E-state index is 0.220. The number of hydrogen-bond donors (Lipinski definition) is 1. The number of phenolic OH excluding ortho intramolecular Hbond substituents is 1. The van der Waals surface area contributed by atoms with Gasteiger partial charge < -0.3 is 23.8 Å². The lowest BCUT2D eigenvalue weighted by Crippen LogP contribution is -2.53. The van der Waals surface area contributed by atoms with E-state index in [2.05, 4.69) is 13.1 Å². The van der Waals surface area contributed by atoms with Crippen LogP contribution in [0.5, 0.6) is 23.0 Å². The normalized spacial score (nSPS) is 23.5. The molecule has 4 rings (SSSR count). The zero-order valence-corrected chi connectivity index (χ0v) is 15.8. The van der Waals surface area contributed by atoms with Gasteiger partial charge >= 0.3 is 0 Å². The largest absolute Gasteiger partial charge is 0.504 e. The van der Waals surface area contributed by atoms with E-state index in [-0.39, 0.29) is 5.75 Å². The van der Waals surface area contributed by atoms with Gasteiger partial charge in [0, 0.05) is 18.4 Å². The first-order valence-electron chi connectivity index (χ1n) is 8.97. The van der Waals surface area contributed by atoms with Gasteiger partial charge in [-0.1, -0.05) is 6.07 Å². The topological polar surface area (TPSA) is 47.9 Å². The van der Waals surface area contributed by atoms with Crippen molar-refractivity contribution in [3.05, 3.63) is 46.5 Å². The fourth-order valence-electron chi connectivity index (χ4n) is 4.67. The first kappa shape index (κ1) is 17.0. The molecule has 2 aromatic carbocycles. The Bertz CT molecular complexity index is 864. The van der Waals surface area contributed by atoms with Crippen LogP contribution < -0.4 is 14.2 Å². The highest BCUT2D eigenvalue weighted by molar-refractivity contribution is 5.53. The van der Waals surface area contributed by atoms with Crippen LogP contribution >= 0.6 is 0 Å². The summed E-state index contributed by atoms with van der Waals surface area (Å²) in [6.07, 6.45) is 1.89. The molecule has 2 heterocycles. The molecule has 1 N–H and O–H groups in total. The number of fused-ring (bicyclic) bond motifs is 4. The molecule has 2 atom stereocenters. The molecule has 2 aromatic rings. The van der Waals surface area contributed by atoms with Crippen molar-refractivity contribution in [1.82, 2.24) is 0 Å². The van der Waals surface area contributed by atoms with Crippen LogP contribution in [0.2, 0.25) is 0 Å². The van der Waals surface area contributed by atoms with Crippen molar-refractivity contribution in [3.63, 3.8) is 0 Å². The maximum atomic E-state index is 10.3. The Morgan fingerprint density at radius 2 is 1.77 bits per heavy atom. The molecule has 0 amide bonds. The molecular formula is C21H26NO4+. The number of rotatable bonds is 3. The molecule has 0 radical (unpaired) electrons. The molecule has 2 aliphatic heterocycles. The van der Waals surface area contributed by atoms with Crippen molar-refractivity contribution < 1.29 is 23.8 Å². The SMILES string of the molecule is COc1cc2c(cc1O)[C@@H]1Cc3ccc(OC)c(OC)c3C[N@@+]1(C)CC2. The van der Waals surface area contributed by atoms with Gasteiger partial charge in [-0.2, -0.15) is 0 Å². The van der Waals surface area contributed by atoms with Crippen LogP contribution in [0.15, 0.2) is 24.3 Å². The summed E-state index contributed by atoms with van der Waals surface area (Å²) in [7, 11) is 7.29. The molecule has 0 bridgehead atoms. The predicted molar refractivity (Wildman–Crippen MR) is 99.1 cm³/mol. The highest BCUT2D eigenvalue weighted by atomic mass is 16.5. The van der Waals surface area contributed by atoms with E-state index in [0.29, 0.717) is 11.8 Å². The standard InChI is InChI=1S/C21H25NO4/c1-22-8-7-14-10-20(25-3)18(23)11-15(14)17(22)9-13-5-6-19(24-2)21(26-4)16(13)12-22/h5-6,10-11,17H,7-9,12H2,1-4H3/p+1/t17-,22+/m0/s1. The molecule has 0 saturated heterocycles. The molecule has 0 aromatic heterocycles. The van der Waals surface area contributed by atoms with Crippen LogP contribution in [0.25, 0.3) is 0 Å². The molecule has 138 valence electrons. The summed E-state index contributed by atoms with van der Waals surface area (Å²) >= 11 is 0. The fourth-order valence-corrected chi connectivity index (χ4v) is 4.67. The van der Waals surface area contributed by atoms with Crippen molar-refractivity contribution in [2.45, 2.75) is 25.4 Å². The van der Waals surface area contributed by atoms with Crippen LogP contribution in [0.4, 0.5) is 0 Å². The van der Waals surface area contributed by atoms with Gasteiger partial charge in [0.1, 0.15) is 12.6 Å². The van der Waals surface area contributed by atoms with E-state index in [1.807, 2.05) is 18.2 Å². The second kappa shape index (κ2) is 6.09. The monoisotopic (exact) mass is 356 g/mol. The third-order valence-corrected chi connectivity index (χ3v) is 6.12. The zero-order valence-electron chi connectivity index (χ0n) is 15.8. The highest BCUT2D eigenvalue weighted by Gasteiger charge is 2.44. The number of ether oxygens (including phenoxy) is 3. The average molecular weight is 356 g/mol. The highest BCUT2D eigenvalue weighted by Crippen LogP contribution is 2.48. The molecule has 0 aliphatic carbocycles. The van der Waals surface area contributed by atoms with Gasteiger partial charge in [-0.3, -0.25) is 0 Å². The number of likely N-dealkylation sites (N-methyl/N-ethyl adjacent to an activating group) is 1. The van der Waals surface area contributed by atoms with E-state index >= 15 is 0 Å². The number of aromatic hydroxyl groups is 1. The smallest absolute Gasteiger partial charge is 0.169 e. The van der Waals surface area contributed by atoms with Gasteiger partial charge in [-0.05, 0) is 29.3 Å². The van der Waals surface area contributed by atoms with Gasteiger partial charge in [0.05, 0.1) is 40.5 Å². The summed E-state index contributed by atoms with van der Waals surface area (Å²) in [6.45, 7) is 1.94. The lowest BCUT2D eigenvalue weighted by Gasteiger charge is -2.49. The third-order valence-electron chi connectivity index (χ3n) is 6.12. The molecule has 0 saturated carbocycles.